The second-order valence-corrected chi connectivity index (χ2v) is 15.6. The van der Waals surface area contributed by atoms with E-state index >= 15 is 0 Å². The minimum atomic E-state index is -4.13. The molecule has 0 amide bonds. The van der Waals surface area contributed by atoms with Crippen LogP contribution >= 0.6 is 47.0 Å². The summed E-state index contributed by atoms with van der Waals surface area (Å²) in [6, 6.07) is 7.42. The number of unbranched alkanes of at least 4 members (excludes halogenated alkanes) is 2. The van der Waals surface area contributed by atoms with E-state index in [0.29, 0.717) is 39.6 Å². The summed E-state index contributed by atoms with van der Waals surface area (Å²) in [5.41, 5.74) is -0.247. The van der Waals surface area contributed by atoms with Crippen LogP contribution < -0.4 is 9.47 Å². The summed E-state index contributed by atoms with van der Waals surface area (Å²) in [4.78, 5) is 2.09. The van der Waals surface area contributed by atoms with Gasteiger partial charge in [-0.05, 0) is 25.7 Å². The Labute approximate surface area is 247 Å². The number of allylic oxidation sites excluding steroid dienone is 2. The van der Waals surface area contributed by atoms with Crippen LogP contribution in [0.25, 0.3) is 0 Å². The van der Waals surface area contributed by atoms with E-state index in [2.05, 4.69) is 0 Å². The number of hydrogen-bond acceptors (Lipinski definition) is 14. The van der Waals surface area contributed by atoms with Crippen molar-refractivity contribution in [3.05, 3.63) is 19.6 Å². The first-order valence-electron chi connectivity index (χ1n) is 11.1. The summed E-state index contributed by atoms with van der Waals surface area (Å²) >= 11 is 4.45. The van der Waals surface area contributed by atoms with Crippen LogP contribution in [0.2, 0.25) is 0 Å². The summed E-state index contributed by atoms with van der Waals surface area (Å²) in [6.45, 7) is 0.122. The van der Waals surface area contributed by atoms with Crippen molar-refractivity contribution in [3.8, 4) is 35.8 Å². The molecule has 0 saturated heterocycles. The first kappa shape index (κ1) is 32.0. The first-order chi connectivity index (χ1) is 18.9. The molecule has 0 saturated carbocycles. The lowest BCUT2D eigenvalue weighted by molar-refractivity contribution is 0.274. The predicted molar refractivity (Wildman–Crippen MR) is 149 cm³/mol. The molecule has 18 heteroatoms. The normalized spacial score (nSPS) is 13.8. The molecule has 12 nitrogen and oxygen atoms in total. The van der Waals surface area contributed by atoms with Gasteiger partial charge < -0.3 is 9.47 Å². The van der Waals surface area contributed by atoms with E-state index in [0.717, 1.165) is 47.0 Å². The Morgan fingerprint density at radius 3 is 1.15 bits per heavy atom. The lowest BCUT2D eigenvalue weighted by Crippen LogP contribution is -2.08. The fraction of sp³-hybridized carbons (Fsp3) is 0.364. The smallest absolute Gasteiger partial charge is 0.264 e. The maximum absolute atomic E-state index is 11.0. The van der Waals surface area contributed by atoms with Crippen molar-refractivity contribution in [2.45, 2.75) is 45.3 Å². The molecular formula is C22H18N4O8S6. The topological polar surface area (TPSA) is 222 Å². The van der Waals surface area contributed by atoms with Gasteiger partial charge in [-0.25, -0.2) is 0 Å². The molecule has 0 aliphatic carbocycles. The fourth-order valence-corrected chi connectivity index (χ4v) is 9.59. The van der Waals surface area contributed by atoms with Crippen LogP contribution in [-0.4, -0.2) is 50.7 Å². The van der Waals surface area contributed by atoms with Crippen molar-refractivity contribution in [1.29, 1.82) is 21.0 Å². The highest BCUT2D eigenvalue weighted by atomic mass is 32.2. The van der Waals surface area contributed by atoms with Crippen LogP contribution in [0, 0.1) is 45.3 Å². The van der Waals surface area contributed by atoms with Crippen molar-refractivity contribution in [3.63, 3.8) is 0 Å². The molecule has 0 fully saturated rings. The molecule has 40 heavy (non-hydrogen) atoms. The number of benzene rings is 1. The third-order valence-corrected chi connectivity index (χ3v) is 11.8. The molecule has 2 aliphatic heterocycles. The minimum absolute atomic E-state index is 0.0610. The van der Waals surface area contributed by atoms with Crippen LogP contribution in [0.4, 0.5) is 0 Å². The third-order valence-electron chi connectivity index (χ3n) is 4.96. The molecule has 1 aromatic carbocycles. The van der Waals surface area contributed by atoms with Crippen LogP contribution in [0.5, 0.6) is 11.5 Å². The van der Waals surface area contributed by atoms with E-state index in [-0.39, 0.29) is 50.0 Å². The van der Waals surface area contributed by atoms with Crippen LogP contribution in [-0.2, 0) is 20.2 Å². The Balaban J connectivity index is 2.04. The van der Waals surface area contributed by atoms with E-state index < -0.39 is 31.7 Å². The molecular weight excluding hydrogens is 641 g/mol. The Bertz CT molecular complexity index is 1460. The summed E-state index contributed by atoms with van der Waals surface area (Å²) in [5.74, 6) is -0.178. The van der Waals surface area contributed by atoms with Gasteiger partial charge in [0.2, 0.25) is 0 Å². The van der Waals surface area contributed by atoms with Gasteiger partial charge in [0.05, 0.1) is 52.8 Å². The van der Waals surface area contributed by atoms with Gasteiger partial charge in [0, 0.05) is 0 Å². The second-order valence-electron chi connectivity index (χ2n) is 7.84. The van der Waals surface area contributed by atoms with Gasteiger partial charge in [-0.15, -0.1) is 0 Å². The number of fused-ring (bicyclic) bond motifs is 2. The van der Waals surface area contributed by atoms with E-state index in [4.69, 9.17) is 18.6 Å². The predicted octanol–water partition coefficient (Wildman–Crippen LogP) is 4.69. The van der Waals surface area contributed by atoms with Gasteiger partial charge in [0.15, 0.2) is 0 Å². The van der Waals surface area contributed by atoms with Crippen molar-refractivity contribution < 1.29 is 35.4 Å². The Morgan fingerprint density at radius 1 is 0.600 bits per heavy atom. The van der Waals surface area contributed by atoms with Gasteiger partial charge in [0.25, 0.3) is 20.2 Å². The van der Waals surface area contributed by atoms with Gasteiger partial charge in [-0.2, -0.15) is 37.9 Å². The number of nitriles is 4. The zero-order valence-corrected chi connectivity index (χ0v) is 25.1. The Hall–Kier alpha value is -2.52. The SMILES string of the molecule is N#CC(C#N)=C1Sc2c(OCCCCS(=O)(=O)O)c3c(c(OCCCCS(=O)(=O)O)c2S1)SC(=C(C#N)C#N)S3. The number of ether oxygens (including phenoxy) is 2. The number of hydrogen-bond donors (Lipinski definition) is 2. The quantitative estimate of drug-likeness (QED) is 0.176. The van der Waals surface area contributed by atoms with E-state index in [9.17, 15) is 37.9 Å². The average molecular weight is 659 g/mol. The highest BCUT2D eigenvalue weighted by Gasteiger charge is 2.38. The maximum atomic E-state index is 11.0. The molecule has 0 aromatic heterocycles. The molecule has 0 bridgehead atoms. The number of rotatable bonds is 12. The third kappa shape index (κ3) is 8.26. The van der Waals surface area contributed by atoms with Gasteiger partial charge >= 0.3 is 0 Å². The zero-order chi connectivity index (χ0) is 29.5. The van der Waals surface area contributed by atoms with Crippen LogP contribution in [0.3, 0.4) is 0 Å². The molecule has 2 aliphatic rings. The highest BCUT2D eigenvalue weighted by Crippen LogP contribution is 2.68. The summed E-state index contributed by atoms with van der Waals surface area (Å²) < 4.78 is 74.9. The first-order valence-corrected chi connectivity index (χ1v) is 17.6. The molecule has 2 N–H and O–H groups in total. The molecule has 0 atom stereocenters. The summed E-state index contributed by atoms with van der Waals surface area (Å²) in [6.07, 6.45) is 0.821. The Morgan fingerprint density at radius 2 is 0.900 bits per heavy atom. The van der Waals surface area contributed by atoms with Crippen molar-refractivity contribution in [2.24, 2.45) is 0 Å². The monoisotopic (exact) mass is 658 g/mol. The van der Waals surface area contributed by atoms with Gasteiger partial charge in [-0.3, -0.25) is 9.11 Å². The lowest BCUT2D eigenvalue weighted by Gasteiger charge is -2.18. The average Bonchev–Trinajstić information content (AvgIpc) is 3.50. The fourth-order valence-electron chi connectivity index (χ4n) is 3.22. The highest BCUT2D eigenvalue weighted by molar-refractivity contribution is 8.26. The second kappa shape index (κ2) is 13.9. The van der Waals surface area contributed by atoms with Crippen LogP contribution in [0.15, 0.2) is 39.2 Å². The lowest BCUT2D eigenvalue weighted by atomic mass is 10.3. The van der Waals surface area contributed by atoms with Crippen molar-refractivity contribution in [2.75, 3.05) is 24.7 Å². The van der Waals surface area contributed by atoms with Crippen LogP contribution in [0.1, 0.15) is 25.7 Å². The molecule has 0 spiro atoms. The van der Waals surface area contributed by atoms with E-state index in [1.807, 2.05) is 24.3 Å². The molecule has 210 valence electrons. The summed E-state index contributed by atoms with van der Waals surface area (Å²) in [7, 11) is -8.26. The van der Waals surface area contributed by atoms with Crippen molar-refractivity contribution in [1.82, 2.24) is 0 Å². The minimum Gasteiger partial charge on any atom is -0.491 e. The van der Waals surface area contributed by atoms with Gasteiger partial charge in [-0.1, -0.05) is 47.0 Å². The Kier molecular flexibility index (Phi) is 11.1. The largest absolute Gasteiger partial charge is 0.491 e. The maximum Gasteiger partial charge on any atom is 0.264 e. The number of thioether (sulfide) groups is 4. The molecule has 1 aromatic rings. The van der Waals surface area contributed by atoms with Crippen molar-refractivity contribution >= 4 is 67.3 Å². The molecule has 3 rings (SSSR count). The van der Waals surface area contributed by atoms with E-state index in [1.54, 1.807) is 0 Å². The molecule has 2 heterocycles. The number of nitrogens with zero attached hydrogens (tertiary/aromatic N) is 4. The molecule has 0 radical (unpaired) electrons. The summed E-state index contributed by atoms with van der Waals surface area (Å²) in [5, 5.41) is 37.7. The standard InChI is InChI=1S/C22H18N4O8S6/c23-9-13(10-24)21-35-17-15(33-5-1-3-7-39(27,28)29)18-20(38-22(36-18)14(11-25)12-26)16(19(17)37-21)34-6-2-4-8-40(30,31)32/h1-8H2,(H,27,28,29)(H,30,31,32). The van der Waals surface area contributed by atoms with E-state index in [1.165, 1.54) is 0 Å². The molecule has 0 unspecified atom stereocenters. The van der Waals surface area contributed by atoms with Gasteiger partial charge in [0.1, 0.15) is 46.9 Å². The zero-order valence-electron chi connectivity index (χ0n) is 20.2.